The summed E-state index contributed by atoms with van der Waals surface area (Å²) in [5.41, 5.74) is 3.99. The van der Waals surface area contributed by atoms with Crippen LogP contribution in [0.3, 0.4) is 0 Å². The number of carbonyl (C=O) groups excluding carboxylic acids is 1. The highest BCUT2D eigenvalue weighted by atomic mass is 16.1. The van der Waals surface area contributed by atoms with E-state index < -0.39 is 0 Å². The maximum absolute atomic E-state index is 12.8. The van der Waals surface area contributed by atoms with Gasteiger partial charge in [0.2, 0.25) is 11.8 Å². The smallest absolute Gasteiger partial charge is 0.258 e. The Labute approximate surface area is 162 Å². The van der Waals surface area contributed by atoms with Gasteiger partial charge in [0, 0.05) is 11.8 Å². The Morgan fingerprint density at radius 1 is 0.929 bits per heavy atom. The largest absolute Gasteiger partial charge is 0.290 e. The Morgan fingerprint density at radius 2 is 1.68 bits per heavy atom. The number of anilines is 1. The third-order valence-electron chi connectivity index (χ3n) is 4.36. The summed E-state index contributed by atoms with van der Waals surface area (Å²) >= 11 is 0. The van der Waals surface area contributed by atoms with Crippen LogP contribution in [0.15, 0.2) is 72.9 Å². The summed E-state index contributed by atoms with van der Waals surface area (Å²) in [6, 6.07) is 20.8. The molecule has 0 radical (unpaired) electrons. The monoisotopic (exact) mass is 369 g/mol. The van der Waals surface area contributed by atoms with Crippen LogP contribution < -0.4 is 5.32 Å². The van der Waals surface area contributed by atoms with Gasteiger partial charge in [-0.05, 0) is 49.2 Å². The van der Waals surface area contributed by atoms with Crippen LogP contribution in [-0.2, 0) is 0 Å². The lowest BCUT2D eigenvalue weighted by Gasteiger charge is -2.08. The van der Waals surface area contributed by atoms with Crippen molar-refractivity contribution in [1.29, 1.82) is 0 Å². The molecule has 0 saturated carbocycles. The maximum atomic E-state index is 12.8. The molecule has 1 N–H and O–H groups in total. The SMILES string of the molecule is Cc1ccc(-c2nc(NC(=O)c3ccccc3C)n(-c3ccccc3)n2)nc1. The number of pyridine rings is 1. The van der Waals surface area contributed by atoms with E-state index in [-0.39, 0.29) is 5.91 Å². The number of hydrogen-bond acceptors (Lipinski definition) is 4. The zero-order valence-electron chi connectivity index (χ0n) is 15.6. The number of aryl methyl sites for hydroxylation is 2. The van der Waals surface area contributed by atoms with Crippen molar-refractivity contribution in [3.8, 4) is 17.2 Å². The third kappa shape index (κ3) is 3.53. The van der Waals surface area contributed by atoms with Crippen molar-refractivity contribution in [2.24, 2.45) is 0 Å². The first-order chi connectivity index (χ1) is 13.6. The van der Waals surface area contributed by atoms with Crippen LogP contribution in [-0.4, -0.2) is 25.7 Å². The number of nitrogens with zero attached hydrogens (tertiary/aromatic N) is 4. The van der Waals surface area contributed by atoms with Crippen molar-refractivity contribution in [1.82, 2.24) is 19.7 Å². The lowest BCUT2D eigenvalue weighted by molar-refractivity contribution is 0.102. The Balaban J connectivity index is 1.75. The molecule has 0 bridgehead atoms. The summed E-state index contributed by atoms with van der Waals surface area (Å²) in [5.74, 6) is 0.562. The van der Waals surface area contributed by atoms with Crippen molar-refractivity contribution in [3.63, 3.8) is 0 Å². The minimum absolute atomic E-state index is 0.230. The highest BCUT2D eigenvalue weighted by Gasteiger charge is 2.17. The summed E-state index contributed by atoms with van der Waals surface area (Å²) in [5, 5.41) is 7.47. The lowest BCUT2D eigenvalue weighted by atomic mass is 10.1. The summed E-state index contributed by atoms with van der Waals surface area (Å²) < 4.78 is 1.62. The molecule has 0 saturated heterocycles. The molecule has 0 aliphatic rings. The molecule has 0 fully saturated rings. The molecule has 28 heavy (non-hydrogen) atoms. The highest BCUT2D eigenvalue weighted by Crippen LogP contribution is 2.21. The second kappa shape index (κ2) is 7.44. The van der Waals surface area contributed by atoms with Crippen LogP contribution >= 0.6 is 0 Å². The van der Waals surface area contributed by atoms with E-state index in [1.165, 1.54) is 0 Å². The third-order valence-corrected chi connectivity index (χ3v) is 4.36. The molecule has 6 nitrogen and oxygen atoms in total. The van der Waals surface area contributed by atoms with Gasteiger partial charge >= 0.3 is 0 Å². The lowest BCUT2D eigenvalue weighted by Crippen LogP contribution is -2.16. The quantitative estimate of drug-likeness (QED) is 0.585. The summed E-state index contributed by atoms with van der Waals surface area (Å²) in [4.78, 5) is 21.7. The molecular formula is C22H19N5O. The molecule has 4 rings (SSSR count). The van der Waals surface area contributed by atoms with Crippen LogP contribution in [0.25, 0.3) is 17.2 Å². The van der Waals surface area contributed by atoms with Crippen molar-refractivity contribution < 1.29 is 4.79 Å². The van der Waals surface area contributed by atoms with Gasteiger partial charge in [-0.25, -0.2) is 0 Å². The van der Waals surface area contributed by atoms with E-state index >= 15 is 0 Å². The van der Waals surface area contributed by atoms with E-state index in [0.29, 0.717) is 23.0 Å². The number of amides is 1. The average molecular weight is 369 g/mol. The second-order valence-electron chi connectivity index (χ2n) is 6.50. The van der Waals surface area contributed by atoms with E-state index in [0.717, 1.165) is 16.8 Å². The zero-order valence-corrected chi connectivity index (χ0v) is 15.6. The minimum Gasteiger partial charge on any atom is -0.290 e. The van der Waals surface area contributed by atoms with Gasteiger partial charge in [-0.1, -0.05) is 42.5 Å². The van der Waals surface area contributed by atoms with Gasteiger partial charge in [-0.15, -0.1) is 5.10 Å². The normalized spacial score (nSPS) is 10.6. The highest BCUT2D eigenvalue weighted by molar-refractivity contribution is 6.04. The van der Waals surface area contributed by atoms with Crippen LogP contribution in [0.4, 0.5) is 5.95 Å². The van der Waals surface area contributed by atoms with Crippen molar-refractivity contribution in [2.75, 3.05) is 5.32 Å². The van der Waals surface area contributed by atoms with Gasteiger partial charge in [-0.2, -0.15) is 9.67 Å². The molecule has 0 atom stereocenters. The number of aromatic nitrogens is 4. The number of carbonyl (C=O) groups is 1. The standard InChI is InChI=1S/C22H19N5O/c1-15-12-13-19(23-14-15)20-24-22(27(26-20)17-9-4-3-5-10-17)25-21(28)18-11-7-6-8-16(18)2/h3-14H,1-2H3,(H,24,25,26,28). The van der Waals surface area contributed by atoms with Crippen LogP contribution in [0.5, 0.6) is 0 Å². The number of benzene rings is 2. The summed E-state index contributed by atoms with van der Waals surface area (Å²) in [7, 11) is 0. The molecule has 0 aliphatic heterocycles. The van der Waals surface area contributed by atoms with Gasteiger partial charge in [0.15, 0.2) is 0 Å². The Bertz CT molecular complexity index is 1120. The molecule has 138 valence electrons. The van der Waals surface area contributed by atoms with Gasteiger partial charge < -0.3 is 0 Å². The molecule has 0 aliphatic carbocycles. The number of nitrogens with one attached hydrogen (secondary N) is 1. The van der Waals surface area contributed by atoms with E-state index in [4.69, 9.17) is 0 Å². The Kier molecular flexibility index (Phi) is 4.68. The van der Waals surface area contributed by atoms with Gasteiger partial charge in [-0.3, -0.25) is 15.1 Å². The molecular weight excluding hydrogens is 350 g/mol. The number of hydrogen-bond donors (Lipinski definition) is 1. The summed E-state index contributed by atoms with van der Waals surface area (Å²) in [6.07, 6.45) is 1.77. The van der Waals surface area contributed by atoms with E-state index in [9.17, 15) is 4.79 Å². The second-order valence-corrected chi connectivity index (χ2v) is 6.50. The first-order valence-corrected chi connectivity index (χ1v) is 8.94. The van der Waals surface area contributed by atoms with E-state index in [1.54, 1.807) is 16.9 Å². The number of rotatable bonds is 4. The van der Waals surface area contributed by atoms with Gasteiger partial charge in [0.25, 0.3) is 5.91 Å². The van der Waals surface area contributed by atoms with E-state index in [2.05, 4.69) is 20.4 Å². The Morgan fingerprint density at radius 3 is 2.39 bits per heavy atom. The first kappa shape index (κ1) is 17.6. The van der Waals surface area contributed by atoms with Crippen molar-refractivity contribution in [2.45, 2.75) is 13.8 Å². The molecule has 6 heteroatoms. The molecule has 2 heterocycles. The van der Waals surface area contributed by atoms with Crippen molar-refractivity contribution >= 4 is 11.9 Å². The fourth-order valence-electron chi connectivity index (χ4n) is 2.85. The minimum atomic E-state index is -0.230. The molecule has 0 unspecified atom stereocenters. The van der Waals surface area contributed by atoms with E-state index in [1.807, 2.05) is 74.5 Å². The Hall–Kier alpha value is -3.80. The topological polar surface area (TPSA) is 72.7 Å². The van der Waals surface area contributed by atoms with Crippen LogP contribution in [0.2, 0.25) is 0 Å². The predicted molar refractivity (Wildman–Crippen MR) is 108 cm³/mol. The maximum Gasteiger partial charge on any atom is 0.258 e. The molecule has 2 aromatic heterocycles. The van der Waals surface area contributed by atoms with Gasteiger partial charge in [0.05, 0.1) is 5.69 Å². The average Bonchev–Trinajstić information content (AvgIpc) is 3.13. The van der Waals surface area contributed by atoms with Crippen molar-refractivity contribution in [3.05, 3.63) is 89.6 Å². The van der Waals surface area contributed by atoms with Gasteiger partial charge in [0.1, 0.15) is 5.69 Å². The number of para-hydroxylation sites is 1. The molecule has 1 amide bonds. The van der Waals surface area contributed by atoms with Crippen LogP contribution in [0.1, 0.15) is 21.5 Å². The van der Waals surface area contributed by atoms with Crippen LogP contribution in [0, 0.1) is 13.8 Å². The molecule has 4 aromatic rings. The summed E-state index contributed by atoms with van der Waals surface area (Å²) in [6.45, 7) is 3.87. The zero-order chi connectivity index (χ0) is 19.5. The predicted octanol–water partition coefficient (Wildman–Crippen LogP) is 4.20. The fraction of sp³-hybridized carbons (Fsp3) is 0.0909. The molecule has 0 spiro atoms. The first-order valence-electron chi connectivity index (χ1n) is 8.94. The fourth-order valence-corrected chi connectivity index (χ4v) is 2.85. The molecule has 2 aromatic carbocycles.